The van der Waals surface area contributed by atoms with Crippen molar-refractivity contribution in [3.63, 3.8) is 0 Å². The van der Waals surface area contributed by atoms with E-state index in [4.69, 9.17) is 5.26 Å². The second kappa shape index (κ2) is 7.67. The van der Waals surface area contributed by atoms with Crippen LogP contribution in [0.25, 0.3) is 0 Å². The highest BCUT2D eigenvalue weighted by atomic mass is 16.1. The lowest BCUT2D eigenvalue weighted by molar-refractivity contribution is 0.102. The summed E-state index contributed by atoms with van der Waals surface area (Å²) in [4.78, 5) is 21.1. The number of carbonyl (C=O) groups excluding carboxylic acids is 1. The quantitative estimate of drug-likeness (QED) is 0.728. The Balaban J connectivity index is 1.81. The van der Waals surface area contributed by atoms with Crippen LogP contribution in [-0.2, 0) is 0 Å². The second-order valence-corrected chi connectivity index (χ2v) is 6.27. The minimum Gasteiger partial charge on any atom is -0.340 e. The van der Waals surface area contributed by atoms with E-state index in [1.54, 1.807) is 37.3 Å². The Morgan fingerprint density at radius 3 is 2.41 bits per heavy atom. The number of hydrogen-bond donors (Lipinski definition) is 2. The van der Waals surface area contributed by atoms with Gasteiger partial charge in [-0.05, 0) is 56.7 Å². The number of rotatable bonds is 4. The molecular formula is C21H19N5O. The molecule has 1 aromatic heterocycles. The molecule has 0 aliphatic rings. The zero-order valence-electron chi connectivity index (χ0n) is 15.4. The summed E-state index contributed by atoms with van der Waals surface area (Å²) in [6.45, 7) is 5.80. The van der Waals surface area contributed by atoms with Gasteiger partial charge in [-0.15, -0.1) is 0 Å². The highest BCUT2D eigenvalue weighted by Crippen LogP contribution is 2.21. The van der Waals surface area contributed by atoms with E-state index in [-0.39, 0.29) is 11.6 Å². The molecule has 0 aliphatic heterocycles. The molecule has 0 spiro atoms. The van der Waals surface area contributed by atoms with Crippen molar-refractivity contribution in [2.75, 3.05) is 10.6 Å². The Morgan fingerprint density at radius 1 is 1.00 bits per heavy atom. The van der Waals surface area contributed by atoms with Crippen LogP contribution in [0.5, 0.6) is 0 Å². The fourth-order valence-electron chi connectivity index (χ4n) is 2.66. The van der Waals surface area contributed by atoms with Gasteiger partial charge in [-0.3, -0.25) is 4.79 Å². The van der Waals surface area contributed by atoms with Gasteiger partial charge in [0, 0.05) is 17.4 Å². The number of anilines is 3. The first-order chi connectivity index (χ1) is 12.9. The molecule has 0 atom stereocenters. The van der Waals surface area contributed by atoms with Crippen LogP contribution in [0.4, 0.5) is 17.2 Å². The second-order valence-electron chi connectivity index (χ2n) is 6.27. The Hall–Kier alpha value is -3.72. The van der Waals surface area contributed by atoms with Gasteiger partial charge in [0.05, 0.1) is 11.6 Å². The fourth-order valence-corrected chi connectivity index (χ4v) is 2.66. The van der Waals surface area contributed by atoms with Crippen molar-refractivity contribution in [2.45, 2.75) is 20.8 Å². The van der Waals surface area contributed by atoms with Crippen molar-refractivity contribution in [1.29, 1.82) is 5.26 Å². The Bertz CT molecular complexity index is 1040. The SMILES string of the molecule is Cc1ccc(Nc2cc(C(=O)Nc3ccc(C#N)cc3)nc(C)n2)c(C)c1. The maximum atomic E-state index is 12.5. The first-order valence-corrected chi connectivity index (χ1v) is 8.46. The number of benzene rings is 2. The molecule has 0 fully saturated rings. The molecule has 27 heavy (non-hydrogen) atoms. The summed E-state index contributed by atoms with van der Waals surface area (Å²) < 4.78 is 0. The lowest BCUT2D eigenvalue weighted by atomic mass is 10.1. The Kier molecular flexibility index (Phi) is 5.13. The normalized spacial score (nSPS) is 10.1. The molecule has 0 saturated heterocycles. The molecule has 1 amide bonds. The third kappa shape index (κ3) is 4.47. The summed E-state index contributed by atoms with van der Waals surface area (Å²) in [5, 5.41) is 14.9. The van der Waals surface area contributed by atoms with Crippen molar-refractivity contribution in [2.24, 2.45) is 0 Å². The average Bonchev–Trinajstić information content (AvgIpc) is 2.64. The topological polar surface area (TPSA) is 90.7 Å². The van der Waals surface area contributed by atoms with Crippen molar-refractivity contribution in [3.05, 3.63) is 76.7 Å². The van der Waals surface area contributed by atoms with E-state index in [1.807, 2.05) is 32.0 Å². The maximum absolute atomic E-state index is 12.5. The van der Waals surface area contributed by atoms with Crippen molar-refractivity contribution in [3.8, 4) is 6.07 Å². The molecule has 134 valence electrons. The number of hydrogen-bond acceptors (Lipinski definition) is 5. The standard InChI is InChI=1S/C21H19N5O/c1-13-4-9-18(14(2)10-13)26-20-11-19(23-15(3)24-20)21(27)25-17-7-5-16(12-22)6-8-17/h4-11H,1-3H3,(H,25,27)(H,23,24,26). The molecule has 6 heteroatoms. The molecule has 1 heterocycles. The largest absolute Gasteiger partial charge is 0.340 e. The number of nitriles is 1. The molecule has 3 aromatic rings. The van der Waals surface area contributed by atoms with Crippen molar-refractivity contribution >= 4 is 23.1 Å². The smallest absolute Gasteiger partial charge is 0.274 e. The van der Waals surface area contributed by atoms with Crippen molar-refractivity contribution < 1.29 is 4.79 Å². The average molecular weight is 357 g/mol. The molecular weight excluding hydrogens is 338 g/mol. The highest BCUT2D eigenvalue weighted by molar-refractivity contribution is 6.03. The van der Waals surface area contributed by atoms with Gasteiger partial charge in [0.2, 0.25) is 0 Å². The molecule has 3 rings (SSSR count). The predicted octanol–water partition coefficient (Wildman–Crippen LogP) is 4.27. The van der Waals surface area contributed by atoms with E-state index in [0.29, 0.717) is 22.9 Å². The van der Waals surface area contributed by atoms with Gasteiger partial charge < -0.3 is 10.6 Å². The molecule has 2 N–H and O–H groups in total. The zero-order valence-corrected chi connectivity index (χ0v) is 15.4. The van der Waals surface area contributed by atoms with Crippen molar-refractivity contribution in [1.82, 2.24) is 9.97 Å². The Labute approximate surface area is 157 Å². The summed E-state index contributed by atoms with van der Waals surface area (Å²) in [6.07, 6.45) is 0. The third-order valence-corrected chi connectivity index (χ3v) is 3.99. The van der Waals surface area contributed by atoms with E-state index in [1.165, 1.54) is 5.56 Å². The van der Waals surface area contributed by atoms with Crippen LogP contribution in [0.3, 0.4) is 0 Å². The first-order valence-electron chi connectivity index (χ1n) is 8.46. The van der Waals surface area contributed by atoms with Gasteiger partial charge in [0.15, 0.2) is 0 Å². The van der Waals surface area contributed by atoms with E-state index in [0.717, 1.165) is 11.3 Å². The number of aromatic nitrogens is 2. The van der Waals surface area contributed by atoms with Crippen LogP contribution in [0.15, 0.2) is 48.5 Å². The zero-order chi connectivity index (χ0) is 19.4. The maximum Gasteiger partial charge on any atom is 0.274 e. The van der Waals surface area contributed by atoms with Crippen LogP contribution >= 0.6 is 0 Å². The number of amides is 1. The number of nitrogens with one attached hydrogen (secondary N) is 2. The lowest BCUT2D eigenvalue weighted by Crippen LogP contribution is -2.15. The highest BCUT2D eigenvalue weighted by Gasteiger charge is 2.12. The van der Waals surface area contributed by atoms with E-state index < -0.39 is 0 Å². The number of aryl methyl sites for hydroxylation is 3. The van der Waals surface area contributed by atoms with Gasteiger partial charge in [0.25, 0.3) is 5.91 Å². The van der Waals surface area contributed by atoms with Crippen LogP contribution < -0.4 is 10.6 Å². The van der Waals surface area contributed by atoms with Crippen LogP contribution in [0, 0.1) is 32.1 Å². The molecule has 0 radical (unpaired) electrons. The predicted molar refractivity (Wildman–Crippen MR) is 105 cm³/mol. The number of carbonyl (C=O) groups is 1. The van der Waals surface area contributed by atoms with Crippen LogP contribution in [-0.4, -0.2) is 15.9 Å². The molecule has 0 aliphatic carbocycles. The van der Waals surface area contributed by atoms with E-state index in [2.05, 4.69) is 26.7 Å². The van der Waals surface area contributed by atoms with E-state index in [9.17, 15) is 4.79 Å². The summed E-state index contributed by atoms with van der Waals surface area (Å²) in [7, 11) is 0. The third-order valence-electron chi connectivity index (χ3n) is 3.99. The summed E-state index contributed by atoms with van der Waals surface area (Å²) in [5.41, 5.74) is 4.59. The minimum atomic E-state index is -0.339. The molecule has 2 aromatic carbocycles. The minimum absolute atomic E-state index is 0.263. The fraction of sp³-hybridized carbons (Fsp3) is 0.143. The Morgan fingerprint density at radius 2 is 1.74 bits per heavy atom. The van der Waals surface area contributed by atoms with Gasteiger partial charge in [-0.2, -0.15) is 5.26 Å². The molecule has 6 nitrogen and oxygen atoms in total. The molecule has 0 saturated carbocycles. The van der Waals surface area contributed by atoms with E-state index >= 15 is 0 Å². The number of nitrogens with zero attached hydrogens (tertiary/aromatic N) is 3. The molecule has 0 bridgehead atoms. The van der Waals surface area contributed by atoms with Crippen LogP contribution in [0.1, 0.15) is 33.0 Å². The van der Waals surface area contributed by atoms with Gasteiger partial charge in [-0.25, -0.2) is 9.97 Å². The molecule has 0 unspecified atom stereocenters. The van der Waals surface area contributed by atoms with Gasteiger partial charge in [0.1, 0.15) is 17.3 Å². The first kappa shape index (κ1) is 18.1. The summed E-state index contributed by atoms with van der Waals surface area (Å²) >= 11 is 0. The van der Waals surface area contributed by atoms with Gasteiger partial charge >= 0.3 is 0 Å². The lowest BCUT2D eigenvalue weighted by Gasteiger charge is -2.11. The summed E-state index contributed by atoms with van der Waals surface area (Å²) in [5.74, 6) is 0.711. The van der Waals surface area contributed by atoms with Gasteiger partial charge in [-0.1, -0.05) is 17.7 Å². The van der Waals surface area contributed by atoms with Crippen LogP contribution in [0.2, 0.25) is 0 Å². The summed E-state index contributed by atoms with van der Waals surface area (Å²) in [6, 6.07) is 16.4. The monoisotopic (exact) mass is 357 g/mol.